The lowest BCUT2D eigenvalue weighted by molar-refractivity contribution is -0.132. The van der Waals surface area contributed by atoms with Gasteiger partial charge in [0.25, 0.3) is 0 Å². The number of ether oxygens (including phenoxy) is 1. The Morgan fingerprint density at radius 2 is 2.25 bits per heavy atom. The molecule has 0 radical (unpaired) electrons. The van der Waals surface area contributed by atoms with Gasteiger partial charge in [-0.1, -0.05) is 17.3 Å². The number of carbonyl (C=O) groups excluding carboxylic acids is 1. The van der Waals surface area contributed by atoms with Crippen LogP contribution in [0.2, 0.25) is 0 Å². The second-order valence-corrected chi connectivity index (χ2v) is 5.20. The van der Waals surface area contributed by atoms with Crippen molar-refractivity contribution in [1.82, 2.24) is 10.1 Å². The minimum atomic E-state index is -0.0406. The second kappa shape index (κ2) is 5.25. The van der Waals surface area contributed by atoms with Crippen LogP contribution in [0.4, 0.5) is 0 Å². The van der Waals surface area contributed by atoms with Crippen LogP contribution in [0.15, 0.2) is 28.8 Å². The minimum Gasteiger partial charge on any atom is -0.379 e. The van der Waals surface area contributed by atoms with Crippen LogP contribution in [-0.2, 0) is 9.53 Å². The first-order valence-corrected chi connectivity index (χ1v) is 6.83. The number of para-hydroxylation sites is 1. The second-order valence-electron chi connectivity index (χ2n) is 5.20. The van der Waals surface area contributed by atoms with Gasteiger partial charge in [-0.25, -0.2) is 0 Å². The molecule has 1 saturated heterocycles. The largest absolute Gasteiger partial charge is 0.379 e. The quantitative estimate of drug-likeness (QED) is 0.842. The summed E-state index contributed by atoms with van der Waals surface area (Å²) in [4.78, 5) is 13.3. The van der Waals surface area contributed by atoms with E-state index in [4.69, 9.17) is 9.26 Å². The average Bonchev–Trinajstić information content (AvgIpc) is 2.90. The highest BCUT2D eigenvalue weighted by Gasteiger charge is 2.34. The minimum absolute atomic E-state index is 0.0406. The van der Waals surface area contributed by atoms with Crippen LogP contribution < -0.4 is 0 Å². The zero-order valence-corrected chi connectivity index (χ0v) is 11.7. The number of rotatable bonds is 2. The highest BCUT2D eigenvalue weighted by Crippen LogP contribution is 2.33. The summed E-state index contributed by atoms with van der Waals surface area (Å²) in [6.45, 7) is 2.94. The van der Waals surface area contributed by atoms with Crippen LogP contribution in [0.3, 0.4) is 0 Å². The maximum atomic E-state index is 11.5. The van der Waals surface area contributed by atoms with Crippen molar-refractivity contribution in [3.63, 3.8) is 0 Å². The van der Waals surface area contributed by atoms with Crippen LogP contribution in [0.25, 0.3) is 11.0 Å². The number of amides is 1. The van der Waals surface area contributed by atoms with Crippen LogP contribution in [0.5, 0.6) is 0 Å². The van der Waals surface area contributed by atoms with Gasteiger partial charge >= 0.3 is 0 Å². The van der Waals surface area contributed by atoms with E-state index >= 15 is 0 Å². The molecule has 1 aromatic heterocycles. The van der Waals surface area contributed by atoms with Crippen molar-refractivity contribution in [2.45, 2.75) is 25.4 Å². The SMILES string of the molecule is COC1CN(C(C)=O)CCC1c1noc2ccccc12. The Kier molecular flexibility index (Phi) is 3.44. The number of methoxy groups -OCH3 is 1. The van der Waals surface area contributed by atoms with E-state index in [1.807, 2.05) is 29.2 Å². The zero-order chi connectivity index (χ0) is 14.1. The third kappa shape index (κ3) is 2.18. The Bertz CT molecular complexity index is 622. The molecule has 5 heteroatoms. The third-order valence-corrected chi connectivity index (χ3v) is 4.06. The molecule has 0 N–H and O–H groups in total. The smallest absolute Gasteiger partial charge is 0.219 e. The Morgan fingerprint density at radius 1 is 1.45 bits per heavy atom. The molecule has 2 atom stereocenters. The molecule has 3 rings (SSSR count). The molecule has 0 spiro atoms. The van der Waals surface area contributed by atoms with Gasteiger partial charge in [0.1, 0.15) is 0 Å². The predicted molar refractivity (Wildman–Crippen MR) is 74.4 cm³/mol. The van der Waals surface area contributed by atoms with Gasteiger partial charge in [-0.2, -0.15) is 0 Å². The lowest BCUT2D eigenvalue weighted by atomic mass is 9.89. The Labute approximate surface area is 117 Å². The first-order chi connectivity index (χ1) is 9.70. The van der Waals surface area contributed by atoms with Gasteiger partial charge in [-0.15, -0.1) is 0 Å². The summed E-state index contributed by atoms with van der Waals surface area (Å²) in [6.07, 6.45) is 0.801. The lowest BCUT2D eigenvalue weighted by Gasteiger charge is -2.36. The van der Waals surface area contributed by atoms with Gasteiger partial charge in [-0.3, -0.25) is 4.79 Å². The maximum absolute atomic E-state index is 11.5. The van der Waals surface area contributed by atoms with Gasteiger partial charge in [0, 0.05) is 38.4 Å². The van der Waals surface area contributed by atoms with Crippen molar-refractivity contribution in [3.8, 4) is 0 Å². The van der Waals surface area contributed by atoms with E-state index in [1.165, 1.54) is 0 Å². The van der Waals surface area contributed by atoms with Crippen molar-refractivity contribution < 1.29 is 14.1 Å². The number of hydrogen-bond acceptors (Lipinski definition) is 4. The summed E-state index contributed by atoms with van der Waals surface area (Å²) in [5.41, 5.74) is 1.74. The van der Waals surface area contributed by atoms with Crippen LogP contribution in [0.1, 0.15) is 25.0 Å². The van der Waals surface area contributed by atoms with Gasteiger partial charge in [0.15, 0.2) is 5.58 Å². The first kappa shape index (κ1) is 13.1. The molecule has 1 fully saturated rings. The van der Waals surface area contributed by atoms with E-state index in [1.54, 1.807) is 14.0 Å². The van der Waals surface area contributed by atoms with Crippen molar-refractivity contribution >= 4 is 16.9 Å². The van der Waals surface area contributed by atoms with E-state index < -0.39 is 0 Å². The summed E-state index contributed by atoms with van der Waals surface area (Å²) < 4.78 is 11.0. The van der Waals surface area contributed by atoms with E-state index in [0.717, 1.165) is 29.6 Å². The molecule has 106 valence electrons. The summed E-state index contributed by atoms with van der Waals surface area (Å²) >= 11 is 0. The fourth-order valence-corrected chi connectivity index (χ4v) is 2.93. The average molecular weight is 274 g/mol. The van der Waals surface area contributed by atoms with Crippen molar-refractivity contribution in [2.24, 2.45) is 0 Å². The number of hydrogen-bond donors (Lipinski definition) is 0. The van der Waals surface area contributed by atoms with Gasteiger partial charge in [-0.05, 0) is 18.6 Å². The molecule has 2 unspecified atom stereocenters. The molecule has 2 aromatic rings. The molecule has 0 saturated carbocycles. The molecular weight excluding hydrogens is 256 g/mol. The molecule has 1 amide bonds. The molecule has 20 heavy (non-hydrogen) atoms. The highest BCUT2D eigenvalue weighted by atomic mass is 16.5. The van der Waals surface area contributed by atoms with E-state index in [0.29, 0.717) is 6.54 Å². The van der Waals surface area contributed by atoms with Gasteiger partial charge in [0.05, 0.1) is 11.8 Å². The number of likely N-dealkylation sites (tertiary alicyclic amines) is 1. The number of piperidine rings is 1. The summed E-state index contributed by atoms with van der Waals surface area (Å²) in [7, 11) is 1.68. The molecule has 1 aromatic carbocycles. The monoisotopic (exact) mass is 274 g/mol. The Hall–Kier alpha value is -1.88. The number of fused-ring (bicyclic) bond motifs is 1. The number of nitrogens with zero attached hydrogens (tertiary/aromatic N) is 2. The Morgan fingerprint density at radius 3 is 3.00 bits per heavy atom. The normalized spacial score (nSPS) is 23.2. The molecule has 1 aliphatic heterocycles. The zero-order valence-electron chi connectivity index (χ0n) is 11.7. The van der Waals surface area contributed by atoms with Crippen LogP contribution in [0, 0.1) is 0 Å². The summed E-state index contributed by atoms with van der Waals surface area (Å²) in [6, 6.07) is 7.85. The predicted octanol–water partition coefficient (Wildman–Crippen LogP) is 2.18. The first-order valence-electron chi connectivity index (χ1n) is 6.83. The Balaban J connectivity index is 1.91. The maximum Gasteiger partial charge on any atom is 0.219 e. The van der Waals surface area contributed by atoms with E-state index in [2.05, 4.69) is 5.16 Å². The topological polar surface area (TPSA) is 55.6 Å². The number of carbonyl (C=O) groups is 1. The molecule has 0 aliphatic carbocycles. The van der Waals surface area contributed by atoms with Crippen molar-refractivity contribution in [1.29, 1.82) is 0 Å². The van der Waals surface area contributed by atoms with Crippen molar-refractivity contribution in [2.75, 3.05) is 20.2 Å². The number of aromatic nitrogens is 1. The summed E-state index contributed by atoms with van der Waals surface area (Å²) in [5, 5.41) is 5.27. The lowest BCUT2D eigenvalue weighted by Crippen LogP contribution is -2.45. The fourth-order valence-electron chi connectivity index (χ4n) is 2.93. The number of benzene rings is 1. The fraction of sp³-hybridized carbons (Fsp3) is 0.467. The van der Waals surface area contributed by atoms with E-state index in [-0.39, 0.29) is 17.9 Å². The van der Waals surface area contributed by atoms with Crippen LogP contribution >= 0.6 is 0 Å². The standard InChI is InChI=1S/C15H18N2O3/c1-10(18)17-8-7-12(14(9-17)19-2)15-11-5-3-4-6-13(11)20-16-15/h3-6,12,14H,7-9H2,1-2H3. The molecule has 5 nitrogen and oxygen atoms in total. The van der Waals surface area contributed by atoms with Crippen molar-refractivity contribution in [3.05, 3.63) is 30.0 Å². The molecule has 0 bridgehead atoms. The third-order valence-electron chi connectivity index (χ3n) is 4.06. The van der Waals surface area contributed by atoms with Gasteiger partial charge < -0.3 is 14.2 Å². The van der Waals surface area contributed by atoms with Crippen LogP contribution in [-0.4, -0.2) is 42.3 Å². The molecular formula is C15H18N2O3. The summed E-state index contributed by atoms with van der Waals surface area (Å²) in [5.74, 6) is 0.259. The molecule has 2 heterocycles. The van der Waals surface area contributed by atoms with E-state index in [9.17, 15) is 4.79 Å². The molecule has 1 aliphatic rings. The highest BCUT2D eigenvalue weighted by molar-refractivity contribution is 5.80. The van der Waals surface area contributed by atoms with Gasteiger partial charge in [0.2, 0.25) is 5.91 Å².